The molecule has 0 radical (unpaired) electrons. The van der Waals surface area contributed by atoms with Crippen LogP contribution in [-0.4, -0.2) is 47.7 Å². The van der Waals surface area contributed by atoms with Gasteiger partial charge >= 0.3 is 0 Å². The molecule has 0 unspecified atom stereocenters. The van der Waals surface area contributed by atoms with E-state index in [1.807, 2.05) is 13.8 Å². The predicted octanol–water partition coefficient (Wildman–Crippen LogP) is -0.813. The van der Waals surface area contributed by atoms with E-state index in [0.717, 1.165) is 0 Å². The van der Waals surface area contributed by atoms with E-state index in [9.17, 15) is 4.79 Å². The zero-order valence-corrected chi connectivity index (χ0v) is 7.58. The number of aliphatic hydroxyl groups excluding tert-OH is 1. The molecule has 12 heavy (non-hydrogen) atoms. The fourth-order valence-corrected chi connectivity index (χ4v) is 1.06. The van der Waals surface area contributed by atoms with E-state index in [-0.39, 0.29) is 12.0 Å². The predicted molar refractivity (Wildman–Crippen MR) is 45.7 cm³/mol. The molecule has 0 bridgehead atoms. The van der Waals surface area contributed by atoms with Gasteiger partial charge < -0.3 is 15.3 Å². The summed E-state index contributed by atoms with van der Waals surface area (Å²) in [7, 11) is 0. The molecule has 0 aromatic carbocycles. The topological polar surface area (TPSA) is 52.6 Å². The third-order valence-electron chi connectivity index (χ3n) is 1.88. The van der Waals surface area contributed by atoms with Crippen molar-refractivity contribution in [3.63, 3.8) is 0 Å². The van der Waals surface area contributed by atoms with Crippen molar-refractivity contribution in [3.05, 3.63) is 0 Å². The summed E-state index contributed by atoms with van der Waals surface area (Å²) in [6, 6.07) is 0.333. The molecular weight excluding hydrogens is 156 g/mol. The van der Waals surface area contributed by atoms with Crippen LogP contribution in [0.2, 0.25) is 0 Å². The summed E-state index contributed by atoms with van der Waals surface area (Å²) in [4.78, 5) is 12.9. The van der Waals surface area contributed by atoms with Crippen LogP contribution in [-0.2, 0) is 4.79 Å². The number of hydrogen-bond acceptors (Lipinski definition) is 3. The van der Waals surface area contributed by atoms with E-state index in [0.29, 0.717) is 25.7 Å². The van der Waals surface area contributed by atoms with Gasteiger partial charge in [-0.3, -0.25) is 4.79 Å². The molecule has 4 heteroatoms. The molecule has 0 spiro atoms. The Morgan fingerprint density at radius 1 is 1.67 bits per heavy atom. The average molecular weight is 172 g/mol. The number of rotatable bonds is 3. The summed E-state index contributed by atoms with van der Waals surface area (Å²) in [6.07, 6.45) is -0.298. The molecule has 4 nitrogen and oxygen atoms in total. The summed E-state index contributed by atoms with van der Waals surface area (Å²) >= 11 is 0. The first-order valence-corrected chi connectivity index (χ1v) is 4.29. The SMILES string of the molecule is CC(C)NCC(=O)N1CC(O)C1. The molecule has 70 valence electrons. The van der Waals surface area contributed by atoms with Crippen molar-refractivity contribution in [1.82, 2.24) is 10.2 Å². The Bertz CT molecular complexity index is 164. The number of hydrogen-bond donors (Lipinski definition) is 2. The largest absolute Gasteiger partial charge is 0.389 e. The highest BCUT2D eigenvalue weighted by Crippen LogP contribution is 2.06. The normalized spacial score (nSPS) is 18.2. The van der Waals surface area contributed by atoms with Crippen LogP contribution in [0.3, 0.4) is 0 Å². The fourth-order valence-electron chi connectivity index (χ4n) is 1.06. The maximum Gasteiger partial charge on any atom is 0.236 e. The lowest BCUT2D eigenvalue weighted by Crippen LogP contribution is -2.55. The Balaban J connectivity index is 2.13. The molecule has 1 fully saturated rings. The molecule has 1 amide bonds. The molecular formula is C8H16N2O2. The van der Waals surface area contributed by atoms with E-state index in [1.54, 1.807) is 4.90 Å². The standard InChI is InChI=1S/C8H16N2O2/c1-6(2)9-3-8(12)10-4-7(11)5-10/h6-7,9,11H,3-5H2,1-2H3. The van der Waals surface area contributed by atoms with Gasteiger partial charge in [-0.2, -0.15) is 0 Å². The first-order chi connectivity index (χ1) is 5.59. The van der Waals surface area contributed by atoms with Gasteiger partial charge in [-0.05, 0) is 0 Å². The van der Waals surface area contributed by atoms with Gasteiger partial charge in [0.05, 0.1) is 12.6 Å². The molecule has 1 aliphatic rings. The Hall–Kier alpha value is -0.610. The second kappa shape index (κ2) is 3.87. The maximum absolute atomic E-state index is 11.2. The highest BCUT2D eigenvalue weighted by atomic mass is 16.3. The number of nitrogens with one attached hydrogen (secondary N) is 1. The lowest BCUT2D eigenvalue weighted by atomic mass is 10.2. The summed E-state index contributed by atoms with van der Waals surface area (Å²) < 4.78 is 0. The van der Waals surface area contributed by atoms with E-state index in [1.165, 1.54) is 0 Å². The third-order valence-corrected chi connectivity index (χ3v) is 1.88. The van der Waals surface area contributed by atoms with E-state index < -0.39 is 0 Å². The highest BCUT2D eigenvalue weighted by molar-refractivity contribution is 5.79. The Kier molecular flexibility index (Phi) is 3.05. The van der Waals surface area contributed by atoms with Gasteiger partial charge in [-0.25, -0.2) is 0 Å². The van der Waals surface area contributed by atoms with E-state index >= 15 is 0 Å². The van der Waals surface area contributed by atoms with Gasteiger partial charge in [0.25, 0.3) is 0 Å². The van der Waals surface area contributed by atoms with Crippen molar-refractivity contribution in [2.45, 2.75) is 26.0 Å². The Morgan fingerprint density at radius 3 is 2.67 bits per heavy atom. The first-order valence-electron chi connectivity index (χ1n) is 4.29. The number of likely N-dealkylation sites (tertiary alicyclic amines) is 1. The molecule has 0 aliphatic carbocycles. The number of carbonyl (C=O) groups excluding carboxylic acids is 1. The van der Waals surface area contributed by atoms with Gasteiger partial charge in [-0.1, -0.05) is 13.8 Å². The van der Waals surface area contributed by atoms with Gasteiger partial charge in [-0.15, -0.1) is 0 Å². The number of β-amino-alcohol motifs (C(OH)–C–C–N with tert-alkyl or cyclic N) is 1. The minimum Gasteiger partial charge on any atom is -0.389 e. The van der Waals surface area contributed by atoms with Gasteiger partial charge in [0.15, 0.2) is 0 Å². The molecule has 2 N–H and O–H groups in total. The van der Waals surface area contributed by atoms with Crippen molar-refractivity contribution in [3.8, 4) is 0 Å². The Labute approximate surface area is 72.6 Å². The first kappa shape index (κ1) is 9.48. The lowest BCUT2D eigenvalue weighted by molar-refractivity contribution is -0.140. The molecule has 1 saturated heterocycles. The zero-order chi connectivity index (χ0) is 9.14. The van der Waals surface area contributed by atoms with Crippen molar-refractivity contribution >= 4 is 5.91 Å². The van der Waals surface area contributed by atoms with Crippen LogP contribution in [0.15, 0.2) is 0 Å². The van der Waals surface area contributed by atoms with Crippen LogP contribution < -0.4 is 5.32 Å². The Morgan fingerprint density at radius 2 is 2.25 bits per heavy atom. The summed E-state index contributed by atoms with van der Waals surface area (Å²) in [5.41, 5.74) is 0. The maximum atomic E-state index is 11.2. The molecule has 0 aromatic heterocycles. The van der Waals surface area contributed by atoms with Gasteiger partial charge in [0, 0.05) is 19.1 Å². The highest BCUT2D eigenvalue weighted by Gasteiger charge is 2.28. The lowest BCUT2D eigenvalue weighted by Gasteiger charge is -2.36. The van der Waals surface area contributed by atoms with E-state index in [2.05, 4.69) is 5.32 Å². The summed E-state index contributed by atoms with van der Waals surface area (Å²) in [6.45, 7) is 5.37. The minimum atomic E-state index is -0.298. The molecule has 0 atom stereocenters. The quantitative estimate of drug-likeness (QED) is 0.585. The van der Waals surface area contributed by atoms with Crippen molar-refractivity contribution in [1.29, 1.82) is 0 Å². The smallest absolute Gasteiger partial charge is 0.236 e. The molecule has 1 rings (SSSR count). The van der Waals surface area contributed by atoms with Gasteiger partial charge in [0.2, 0.25) is 5.91 Å². The van der Waals surface area contributed by atoms with Crippen molar-refractivity contribution in [2.75, 3.05) is 19.6 Å². The van der Waals surface area contributed by atoms with Crippen LogP contribution in [0.5, 0.6) is 0 Å². The van der Waals surface area contributed by atoms with Crippen LogP contribution in [0.25, 0.3) is 0 Å². The monoisotopic (exact) mass is 172 g/mol. The molecule has 0 aromatic rings. The fraction of sp³-hybridized carbons (Fsp3) is 0.875. The molecule has 0 saturated carbocycles. The van der Waals surface area contributed by atoms with Crippen LogP contribution in [0, 0.1) is 0 Å². The third kappa shape index (κ3) is 2.46. The minimum absolute atomic E-state index is 0.0778. The summed E-state index contributed by atoms with van der Waals surface area (Å²) in [5, 5.41) is 12.0. The number of nitrogens with zero attached hydrogens (tertiary/aromatic N) is 1. The second-order valence-corrected chi connectivity index (χ2v) is 3.49. The van der Waals surface area contributed by atoms with Crippen LogP contribution in [0.4, 0.5) is 0 Å². The number of amides is 1. The second-order valence-electron chi connectivity index (χ2n) is 3.49. The molecule has 1 aliphatic heterocycles. The van der Waals surface area contributed by atoms with E-state index in [4.69, 9.17) is 5.11 Å². The van der Waals surface area contributed by atoms with Crippen molar-refractivity contribution < 1.29 is 9.90 Å². The number of aliphatic hydroxyl groups is 1. The number of carbonyl (C=O) groups is 1. The molecule has 1 heterocycles. The average Bonchev–Trinajstić information content (AvgIpc) is 1.94. The summed E-state index contributed by atoms with van der Waals surface area (Å²) in [5.74, 6) is 0.0778. The van der Waals surface area contributed by atoms with Crippen molar-refractivity contribution in [2.24, 2.45) is 0 Å². The zero-order valence-electron chi connectivity index (χ0n) is 7.58. The van der Waals surface area contributed by atoms with Crippen LogP contribution in [0.1, 0.15) is 13.8 Å². The van der Waals surface area contributed by atoms with Gasteiger partial charge in [0.1, 0.15) is 0 Å². The van der Waals surface area contributed by atoms with Crippen LogP contribution >= 0.6 is 0 Å².